The molecule has 3 heterocycles. The number of aryl methyl sites for hydroxylation is 2. The molecule has 190 valence electrons. The topological polar surface area (TPSA) is 110 Å². The van der Waals surface area contributed by atoms with Crippen molar-refractivity contribution in [3.05, 3.63) is 51.2 Å². The first-order chi connectivity index (χ1) is 17.2. The summed E-state index contributed by atoms with van der Waals surface area (Å²) in [6, 6.07) is 7.15. The van der Waals surface area contributed by atoms with Crippen LogP contribution in [0.5, 0.6) is 5.88 Å². The van der Waals surface area contributed by atoms with E-state index in [1.165, 1.54) is 7.11 Å². The number of ether oxygens (including phenoxy) is 2. The number of fused-ring (bicyclic) bond motifs is 1. The van der Waals surface area contributed by atoms with Gasteiger partial charge in [0.05, 0.1) is 52.8 Å². The van der Waals surface area contributed by atoms with Gasteiger partial charge in [0.2, 0.25) is 11.8 Å². The van der Waals surface area contributed by atoms with Gasteiger partial charge in [-0.3, -0.25) is 4.98 Å². The second-order valence-corrected chi connectivity index (χ2v) is 10.00. The second-order valence-electron chi connectivity index (χ2n) is 8.77. The average Bonchev–Trinajstić information content (AvgIpc) is 3.37. The molecule has 0 aliphatic heterocycles. The van der Waals surface area contributed by atoms with E-state index in [1.54, 1.807) is 23.0 Å². The molecule has 0 radical (unpaired) electrons. The van der Waals surface area contributed by atoms with Gasteiger partial charge in [-0.1, -0.05) is 18.5 Å². The molecule has 1 atom stereocenters. The van der Waals surface area contributed by atoms with Crippen molar-refractivity contribution in [1.82, 2.24) is 24.3 Å². The Hall–Kier alpha value is -3.11. The van der Waals surface area contributed by atoms with Crippen molar-refractivity contribution in [2.24, 2.45) is 13.0 Å². The van der Waals surface area contributed by atoms with Crippen molar-refractivity contribution >= 4 is 50.5 Å². The quantitative estimate of drug-likeness (QED) is 0.210. The molecule has 0 amide bonds. The van der Waals surface area contributed by atoms with Crippen LogP contribution in [0.3, 0.4) is 0 Å². The predicted molar refractivity (Wildman–Crippen MR) is 143 cm³/mol. The van der Waals surface area contributed by atoms with E-state index in [0.717, 1.165) is 33.9 Å². The Balaban J connectivity index is 1.41. The third-order valence-electron chi connectivity index (χ3n) is 5.94. The van der Waals surface area contributed by atoms with Crippen molar-refractivity contribution in [3.63, 3.8) is 0 Å². The predicted octanol–water partition coefficient (Wildman–Crippen LogP) is 5.42. The summed E-state index contributed by atoms with van der Waals surface area (Å²) < 4.78 is 15.4. The highest BCUT2D eigenvalue weighted by atomic mass is 79.9. The summed E-state index contributed by atoms with van der Waals surface area (Å²) in [6.45, 7) is 5.19. The lowest BCUT2D eigenvalue weighted by Crippen LogP contribution is -2.12. The zero-order valence-corrected chi connectivity index (χ0v) is 22.9. The molecule has 1 aromatic carbocycles. The zero-order valence-electron chi connectivity index (χ0n) is 20.6. The summed E-state index contributed by atoms with van der Waals surface area (Å²) in [5.41, 5.74) is 10.3. The van der Waals surface area contributed by atoms with E-state index in [0.29, 0.717) is 52.9 Å². The Bertz CT molecular complexity index is 1420. The van der Waals surface area contributed by atoms with Gasteiger partial charge in [-0.15, -0.1) is 0 Å². The van der Waals surface area contributed by atoms with Crippen LogP contribution in [-0.4, -0.2) is 44.0 Å². The number of methoxy groups -OCH3 is 1. The Morgan fingerprint density at radius 1 is 1.28 bits per heavy atom. The molecular formula is C25H28BrClN6O3. The lowest BCUT2D eigenvalue weighted by molar-refractivity contribution is 0.0600. The van der Waals surface area contributed by atoms with Crippen LogP contribution in [-0.2, 0) is 18.3 Å². The summed E-state index contributed by atoms with van der Waals surface area (Å²) in [4.78, 5) is 21.0. The molecule has 0 bridgehead atoms. The number of halogens is 2. The van der Waals surface area contributed by atoms with Gasteiger partial charge < -0.3 is 19.8 Å². The molecule has 2 N–H and O–H groups in total. The summed E-state index contributed by atoms with van der Waals surface area (Å²) >= 11 is 9.99. The first kappa shape index (κ1) is 26.0. The molecule has 0 unspecified atom stereocenters. The van der Waals surface area contributed by atoms with Crippen molar-refractivity contribution in [2.45, 2.75) is 33.2 Å². The highest BCUT2D eigenvalue weighted by molar-refractivity contribution is 9.10. The maximum Gasteiger partial charge on any atom is 0.337 e. The largest absolute Gasteiger partial charge is 0.477 e. The standard InChI is InChI=1S/C25H28BrClN6O3/c1-14(13-33-22-19(31-25(33)28)8-7-18(26)21(22)27)6-5-9-36-23-17(12-29-32(23)3)20-11-16(24(34)35-4)10-15(2)30-20/h7-8,10-12,14H,5-6,9,13H2,1-4H3,(H2,28,31)/t14-/m1/s1. The van der Waals surface area contributed by atoms with E-state index in [9.17, 15) is 4.79 Å². The molecule has 4 rings (SSSR count). The smallest absolute Gasteiger partial charge is 0.337 e. The number of pyridine rings is 1. The Morgan fingerprint density at radius 2 is 2.06 bits per heavy atom. The van der Waals surface area contributed by atoms with E-state index < -0.39 is 5.97 Å². The summed E-state index contributed by atoms with van der Waals surface area (Å²) in [5, 5.41) is 4.94. The fourth-order valence-corrected chi connectivity index (χ4v) is 4.76. The number of nitrogens with two attached hydrogens (primary N) is 1. The highest BCUT2D eigenvalue weighted by Crippen LogP contribution is 2.33. The van der Waals surface area contributed by atoms with Gasteiger partial charge in [0.15, 0.2) is 0 Å². The first-order valence-electron chi connectivity index (χ1n) is 11.5. The number of aromatic nitrogens is 5. The molecule has 0 aliphatic rings. The number of carbonyl (C=O) groups is 1. The summed E-state index contributed by atoms with van der Waals surface area (Å²) in [5.74, 6) is 0.945. The van der Waals surface area contributed by atoms with Crippen LogP contribution in [0.1, 0.15) is 35.8 Å². The minimum atomic E-state index is -0.415. The van der Waals surface area contributed by atoms with E-state index in [4.69, 9.17) is 26.8 Å². The maximum absolute atomic E-state index is 12.0. The van der Waals surface area contributed by atoms with Crippen LogP contribution in [0.15, 0.2) is 34.9 Å². The lowest BCUT2D eigenvalue weighted by Gasteiger charge is -2.15. The number of carbonyl (C=O) groups excluding carboxylic acids is 1. The molecular weight excluding hydrogens is 548 g/mol. The van der Waals surface area contributed by atoms with Crippen molar-refractivity contribution in [1.29, 1.82) is 0 Å². The molecule has 3 aromatic heterocycles. The van der Waals surface area contributed by atoms with Gasteiger partial charge >= 0.3 is 5.97 Å². The molecule has 36 heavy (non-hydrogen) atoms. The van der Waals surface area contributed by atoms with Gasteiger partial charge in [0.1, 0.15) is 0 Å². The Labute approximate surface area is 222 Å². The Kier molecular flexibility index (Phi) is 7.85. The van der Waals surface area contributed by atoms with Crippen LogP contribution >= 0.6 is 27.5 Å². The normalized spacial score (nSPS) is 12.2. The van der Waals surface area contributed by atoms with Crippen LogP contribution in [0.4, 0.5) is 5.95 Å². The Morgan fingerprint density at radius 3 is 2.81 bits per heavy atom. The van der Waals surface area contributed by atoms with E-state index in [1.807, 2.05) is 30.7 Å². The monoisotopic (exact) mass is 574 g/mol. The summed E-state index contributed by atoms with van der Waals surface area (Å²) in [6.07, 6.45) is 3.42. The fourth-order valence-electron chi connectivity index (χ4n) is 4.18. The van der Waals surface area contributed by atoms with Crippen LogP contribution in [0, 0.1) is 12.8 Å². The first-order valence-corrected chi connectivity index (χ1v) is 12.7. The molecule has 0 saturated heterocycles. The maximum atomic E-state index is 12.0. The van der Waals surface area contributed by atoms with Crippen LogP contribution < -0.4 is 10.5 Å². The molecule has 0 aliphatic carbocycles. The van der Waals surface area contributed by atoms with Crippen LogP contribution in [0.2, 0.25) is 5.02 Å². The molecule has 9 nitrogen and oxygen atoms in total. The highest BCUT2D eigenvalue weighted by Gasteiger charge is 2.18. The second kappa shape index (κ2) is 10.9. The molecule has 0 fully saturated rings. The van der Waals surface area contributed by atoms with Gasteiger partial charge in [-0.2, -0.15) is 5.10 Å². The van der Waals surface area contributed by atoms with Crippen molar-refractivity contribution in [3.8, 4) is 17.1 Å². The van der Waals surface area contributed by atoms with Crippen LogP contribution in [0.25, 0.3) is 22.3 Å². The molecule has 4 aromatic rings. The van der Waals surface area contributed by atoms with E-state index in [2.05, 4.69) is 37.9 Å². The van der Waals surface area contributed by atoms with Gasteiger partial charge in [-0.05, 0) is 65.9 Å². The number of imidazole rings is 1. The van der Waals surface area contributed by atoms with Crippen molar-refractivity contribution < 1.29 is 14.3 Å². The molecule has 0 spiro atoms. The number of hydrogen-bond donors (Lipinski definition) is 1. The van der Waals surface area contributed by atoms with Gasteiger partial charge in [-0.25, -0.2) is 14.5 Å². The lowest BCUT2D eigenvalue weighted by atomic mass is 10.1. The SMILES string of the molecule is COC(=O)c1cc(C)nc(-c2cnn(C)c2OCCC[C@@H](C)Cn2c(N)nc3ccc(Br)c(Cl)c32)c1. The number of benzene rings is 1. The number of esters is 1. The summed E-state index contributed by atoms with van der Waals surface area (Å²) in [7, 11) is 3.17. The number of rotatable bonds is 9. The molecule has 11 heteroatoms. The fraction of sp³-hybridized carbons (Fsp3) is 0.360. The third-order valence-corrected chi connectivity index (χ3v) is 7.21. The van der Waals surface area contributed by atoms with Gasteiger partial charge in [0, 0.05) is 23.8 Å². The minimum Gasteiger partial charge on any atom is -0.477 e. The number of hydrogen-bond acceptors (Lipinski definition) is 7. The van der Waals surface area contributed by atoms with Crippen molar-refractivity contribution in [2.75, 3.05) is 19.5 Å². The number of anilines is 1. The number of nitrogen functional groups attached to an aromatic ring is 1. The average molecular weight is 576 g/mol. The minimum absolute atomic E-state index is 0.315. The third kappa shape index (κ3) is 5.34. The van der Waals surface area contributed by atoms with Gasteiger partial charge in [0.25, 0.3) is 0 Å². The molecule has 0 saturated carbocycles. The zero-order chi connectivity index (χ0) is 26.0. The number of nitrogens with zero attached hydrogens (tertiary/aromatic N) is 5. The van der Waals surface area contributed by atoms with E-state index >= 15 is 0 Å². The van der Waals surface area contributed by atoms with E-state index in [-0.39, 0.29) is 0 Å².